The molecule has 0 aromatic heterocycles. The lowest BCUT2D eigenvalue weighted by Gasteiger charge is -2.37. The van der Waals surface area contributed by atoms with Gasteiger partial charge in [-0.1, -0.05) is 6.92 Å². The van der Waals surface area contributed by atoms with Gasteiger partial charge >= 0.3 is 0 Å². The molecule has 0 aromatic carbocycles. The van der Waals surface area contributed by atoms with Gasteiger partial charge in [0, 0.05) is 19.0 Å². The second-order valence-electron chi connectivity index (χ2n) is 5.33. The molecule has 0 spiro atoms. The van der Waals surface area contributed by atoms with Crippen LogP contribution in [0.4, 0.5) is 0 Å². The second kappa shape index (κ2) is 5.99. The molecular weight excluding hydrogens is 202 g/mol. The number of rotatable bonds is 3. The lowest BCUT2D eigenvalue weighted by Crippen LogP contribution is -2.42. The Morgan fingerprint density at radius 2 is 1.94 bits per heavy atom. The van der Waals surface area contributed by atoms with Gasteiger partial charge in [-0.3, -0.25) is 0 Å². The van der Waals surface area contributed by atoms with E-state index in [0.717, 1.165) is 44.6 Å². The summed E-state index contributed by atoms with van der Waals surface area (Å²) in [7, 11) is 0. The molecule has 0 amide bonds. The van der Waals surface area contributed by atoms with E-state index in [4.69, 9.17) is 9.47 Å². The molecule has 2 rings (SSSR count). The Morgan fingerprint density at radius 3 is 2.62 bits per heavy atom. The van der Waals surface area contributed by atoms with Crippen LogP contribution in [0.2, 0.25) is 0 Å². The van der Waals surface area contributed by atoms with Crippen LogP contribution in [0, 0.1) is 5.92 Å². The van der Waals surface area contributed by atoms with E-state index in [-0.39, 0.29) is 6.29 Å². The zero-order chi connectivity index (χ0) is 11.4. The zero-order valence-corrected chi connectivity index (χ0v) is 10.7. The molecule has 16 heavy (non-hydrogen) atoms. The van der Waals surface area contributed by atoms with Crippen LogP contribution in [-0.4, -0.2) is 43.5 Å². The van der Waals surface area contributed by atoms with Crippen LogP contribution in [0.3, 0.4) is 0 Å². The third-order valence-corrected chi connectivity index (χ3v) is 3.82. The Labute approximate surface area is 99.1 Å². The lowest BCUT2D eigenvalue weighted by molar-refractivity contribution is -0.183. The Kier molecular flexibility index (Phi) is 4.62. The van der Waals surface area contributed by atoms with Crippen molar-refractivity contribution >= 4 is 0 Å². The minimum atomic E-state index is 0.0558. The first-order valence-corrected chi connectivity index (χ1v) is 6.73. The summed E-state index contributed by atoms with van der Waals surface area (Å²) in [5, 5.41) is 0. The van der Waals surface area contributed by atoms with E-state index in [9.17, 15) is 0 Å². The molecule has 2 aliphatic rings. The van der Waals surface area contributed by atoms with Crippen molar-refractivity contribution in [2.24, 2.45) is 5.92 Å². The molecule has 0 aliphatic carbocycles. The molecule has 94 valence electrons. The highest BCUT2D eigenvalue weighted by molar-refractivity contribution is 4.77. The monoisotopic (exact) mass is 227 g/mol. The van der Waals surface area contributed by atoms with Crippen LogP contribution in [0.25, 0.3) is 0 Å². The fourth-order valence-corrected chi connectivity index (χ4v) is 2.76. The summed E-state index contributed by atoms with van der Waals surface area (Å²) in [4.78, 5) is 2.58. The first kappa shape index (κ1) is 12.3. The zero-order valence-electron chi connectivity index (χ0n) is 10.7. The topological polar surface area (TPSA) is 21.7 Å². The maximum atomic E-state index is 5.58. The summed E-state index contributed by atoms with van der Waals surface area (Å²) < 4.78 is 11.2. The van der Waals surface area contributed by atoms with Gasteiger partial charge in [-0.25, -0.2) is 0 Å². The maximum Gasteiger partial charge on any atom is 0.158 e. The average Bonchev–Trinajstić information content (AvgIpc) is 2.29. The molecule has 0 radical (unpaired) electrons. The minimum Gasteiger partial charge on any atom is -0.353 e. The first-order valence-electron chi connectivity index (χ1n) is 6.73. The predicted octanol–water partition coefficient (Wildman–Crippen LogP) is 2.26. The van der Waals surface area contributed by atoms with Gasteiger partial charge in [0.1, 0.15) is 0 Å². The molecule has 3 heteroatoms. The highest BCUT2D eigenvalue weighted by Gasteiger charge is 2.24. The molecule has 0 aromatic rings. The van der Waals surface area contributed by atoms with Gasteiger partial charge in [-0.05, 0) is 38.6 Å². The third-order valence-electron chi connectivity index (χ3n) is 3.82. The number of likely N-dealkylation sites (tertiary alicyclic amines) is 1. The summed E-state index contributed by atoms with van der Waals surface area (Å²) in [6, 6.07) is 0.729. The van der Waals surface area contributed by atoms with Gasteiger partial charge in [0.2, 0.25) is 0 Å². The molecule has 2 atom stereocenters. The van der Waals surface area contributed by atoms with Crippen molar-refractivity contribution in [2.45, 2.75) is 51.9 Å². The van der Waals surface area contributed by atoms with Crippen LogP contribution in [0.1, 0.15) is 39.5 Å². The van der Waals surface area contributed by atoms with E-state index in [2.05, 4.69) is 18.7 Å². The molecule has 2 heterocycles. The Hall–Kier alpha value is -0.120. The smallest absolute Gasteiger partial charge is 0.158 e. The number of hydrogen-bond acceptors (Lipinski definition) is 3. The predicted molar refractivity (Wildman–Crippen MR) is 64.4 cm³/mol. The van der Waals surface area contributed by atoms with Crippen molar-refractivity contribution in [2.75, 3.05) is 26.3 Å². The maximum absolute atomic E-state index is 5.58. The average molecular weight is 227 g/mol. The number of ether oxygens (including phenoxy) is 2. The lowest BCUT2D eigenvalue weighted by atomic mass is 9.93. The van der Waals surface area contributed by atoms with Gasteiger partial charge in [-0.2, -0.15) is 0 Å². The highest BCUT2D eigenvalue weighted by atomic mass is 16.7. The van der Waals surface area contributed by atoms with E-state index in [1.54, 1.807) is 0 Å². The van der Waals surface area contributed by atoms with Gasteiger partial charge in [-0.15, -0.1) is 0 Å². The normalized spacial score (nSPS) is 34.1. The van der Waals surface area contributed by atoms with Gasteiger partial charge in [0.25, 0.3) is 0 Å². The van der Waals surface area contributed by atoms with Crippen LogP contribution in [0.15, 0.2) is 0 Å². The Balaban J connectivity index is 1.68. The molecule has 0 N–H and O–H groups in total. The molecule has 0 saturated carbocycles. The Bertz CT molecular complexity index is 204. The summed E-state index contributed by atoms with van der Waals surface area (Å²) in [5.74, 6) is 0.897. The van der Waals surface area contributed by atoms with E-state index < -0.39 is 0 Å². The molecule has 2 aliphatic heterocycles. The number of piperidine rings is 1. The van der Waals surface area contributed by atoms with Crippen LogP contribution >= 0.6 is 0 Å². The third kappa shape index (κ3) is 3.44. The molecule has 2 unspecified atom stereocenters. The van der Waals surface area contributed by atoms with Crippen LogP contribution in [-0.2, 0) is 9.47 Å². The van der Waals surface area contributed by atoms with Crippen molar-refractivity contribution in [3.63, 3.8) is 0 Å². The van der Waals surface area contributed by atoms with Crippen molar-refractivity contribution in [3.05, 3.63) is 0 Å². The highest BCUT2D eigenvalue weighted by Crippen LogP contribution is 2.22. The van der Waals surface area contributed by atoms with E-state index in [0.29, 0.717) is 0 Å². The SMILES string of the molecule is CC1CCN(CCC2OCCCO2)C(C)C1. The number of hydrogen-bond donors (Lipinski definition) is 0. The van der Waals surface area contributed by atoms with Gasteiger partial charge in [0.05, 0.1) is 13.2 Å². The Morgan fingerprint density at radius 1 is 1.19 bits per heavy atom. The first-order chi connectivity index (χ1) is 7.75. The van der Waals surface area contributed by atoms with Crippen molar-refractivity contribution < 1.29 is 9.47 Å². The van der Waals surface area contributed by atoms with Crippen LogP contribution in [0.5, 0.6) is 0 Å². The molecule has 3 nitrogen and oxygen atoms in total. The van der Waals surface area contributed by atoms with Gasteiger partial charge < -0.3 is 14.4 Å². The van der Waals surface area contributed by atoms with Crippen molar-refractivity contribution in [3.8, 4) is 0 Å². The van der Waals surface area contributed by atoms with E-state index >= 15 is 0 Å². The quantitative estimate of drug-likeness (QED) is 0.738. The fourth-order valence-electron chi connectivity index (χ4n) is 2.76. The summed E-state index contributed by atoms with van der Waals surface area (Å²) in [6.45, 7) is 8.82. The number of nitrogens with zero attached hydrogens (tertiary/aromatic N) is 1. The van der Waals surface area contributed by atoms with Crippen molar-refractivity contribution in [1.82, 2.24) is 4.90 Å². The molecule has 2 saturated heterocycles. The van der Waals surface area contributed by atoms with Crippen molar-refractivity contribution in [1.29, 1.82) is 0 Å². The summed E-state index contributed by atoms with van der Waals surface area (Å²) in [5.41, 5.74) is 0. The minimum absolute atomic E-state index is 0.0558. The molecule has 2 fully saturated rings. The van der Waals surface area contributed by atoms with Gasteiger partial charge in [0.15, 0.2) is 6.29 Å². The molecular formula is C13H25NO2. The standard InChI is InChI=1S/C13H25NO2/c1-11-4-6-14(12(2)10-11)7-5-13-15-8-3-9-16-13/h11-13H,3-10H2,1-2H3. The summed E-state index contributed by atoms with van der Waals surface area (Å²) in [6.07, 6.45) is 4.82. The van der Waals surface area contributed by atoms with E-state index in [1.807, 2.05) is 0 Å². The largest absolute Gasteiger partial charge is 0.353 e. The van der Waals surface area contributed by atoms with Crippen LogP contribution < -0.4 is 0 Å². The fraction of sp³-hybridized carbons (Fsp3) is 1.00. The summed E-state index contributed by atoms with van der Waals surface area (Å²) >= 11 is 0. The second-order valence-corrected chi connectivity index (χ2v) is 5.33. The molecule has 0 bridgehead atoms. The van der Waals surface area contributed by atoms with E-state index in [1.165, 1.54) is 19.4 Å².